The van der Waals surface area contributed by atoms with Crippen molar-refractivity contribution >= 4 is 23.1 Å². The third-order valence-electron chi connectivity index (χ3n) is 3.25. The molecule has 2 nitrogen and oxygen atoms in total. The summed E-state index contributed by atoms with van der Waals surface area (Å²) in [6.07, 6.45) is -5.90. The Labute approximate surface area is 122 Å². The molecule has 0 bridgehead atoms. The van der Waals surface area contributed by atoms with Gasteiger partial charge in [-0.05, 0) is 66.4 Å². The molecule has 0 radical (unpaired) electrons. The highest BCUT2D eigenvalue weighted by molar-refractivity contribution is 6.31. The second-order valence-corrected chi connectivity index (χ2v) is 4.77. The van der Waals surface area contributed by atoms with Crippen molar-refractivity contribution in [1.29, 1.82) is 0 Å². The van der Waals surface area contributed by atoms with E-state index < -0.39 is 31.0 Å². The Morgan fingerprint density at radius 1 is 1.67 bits per heavy atom. The summed E-state index contributed by atoms with van der Waals surface area (Å²) in [4.78, 5) is 12.0. The summed E-state index contributed by atoms with van der Waals surface area (Å²) in [5, 5.41) is -0.0194. The molecule has 1 atom stereocenters. The van der Waals surface area contributed by atoms with Crippen LogP contribution in [-0.2, 0) is 11.2 Å². The van der Waals surface area contributed by atoms with E-state index in [1.807, 2.05) is 0 Å². The van der Waals surface area contributed by atoms with Gasteiger partial charge in [0.25, 0.3) is 0 Å². The van der Waals surface area contributed by atoms with Crippen LogP contribution >= 0.6 is 11.6 Å². The quantitative estimate of drug-likeness (QED) is 0.835. The van der Waals surface area contributed by atoms with Gasteiger partial charge in [-0.1, -0.05) is 17.6 Å². The Morgan fingerprint density at radius 3 is 3.17 bits per heavy atom. The Morgan fingerprint density at radius 2 is 2.44 bits per heavy atom. The van der Waals surface area contributed by atoms with E-state index in [1.165, 1.54) is 0 Å². The Hall–Kier alpha value is -1.28. The number of benzene rings is 1. The second kappa shape index (κ2) is 4.13. The summed E-state index contributed by atoms with van der Waals surface area (Å²) in [6.45, 7) is 1.57. The molecule has 0 aromatic heterocycles. The minimum atomic E-state index is -2.55. The van der Waals surface area contributed by atoms with Gasteiger partial charge in [0.05, 0.1) is 8.64 Å². The summed E-state index contributed by atoms with van der Waals surface area (Å²) in [5.74, 6) is -3.21. The molecule has 0 saturated heterocycles. The Kier molecular flexibility index (Phi) is 1.43. The highest BCUT2D eigenvalue weighted by Crippen LogP contribution is 2.45. The summed E-state index contributed by atoms with van der Waals surface area (Å²) >= 11 is 6.11. The third-order valence-corrected chi connectivity index (χ3v) is 3.63. The van der Waals surface area contributed by atoms with Crippen LogP contribution in [0.3, 0.4) is 0 Å². The second-order valence-electron chi connectivity index (χ2n) is 4.39. The number of nitrogens with two attached hydrogens (primary N) is 1. The van der Waals surface area contributed by atoms with Crippen molar-refractivity contribution < 1.29 is 14.4 Å². The number of allylic oxidation sites excluding steroid dienone is 1. The molecule has 3 heteroatoms. The molecule has 2 N–H and O–H groups in total. The molecule has 1 aromatic carbocycles. The van der Waals surface area contributed by atoms with Crippen molar-refractivity contribution in [3.63, 3.8) is 0 Å². The number of amides is 1. The fraction of sp³-hybridized carbons (Fsp3) is 0.400. The molecule has 1 unspecified atom stereocenters. The number of hydrogen-bond donors (Lipinski definition) is 1. The predicted molar refractivity (Wildman–Crippen MR) is 73.3 cm³/mol. The van der Waals surface area contributed by atoms with Gasteiger partial charge < -0.3 is 5.73 Å². The first-order valence-electron chi connectivity index (χ1n) is 9.10. The fourth-order valence-electron chi connectivity index (χ4n) is 2.34. The SMILES string of the molecule is [2H]c1c(C)c(Cl)c([2H])c2c1CC1=C2C([2H])([2H])C([2H])([2H])CC1([2H])C(N)=O. The molecule has 0 heterocycles. The Balaban J connectivity index is 2.44. The van der Waals surface area contributed by atoms with Crippen LogP contribution < -0.4 is 5.73 Å². The van der Waals surface area contributed by atoms with E-state index in [4.69, 9.17) is 26.9 Å². The smallest absolute Gasteiger partial charge is 0.224 e. The minimum Gasteiger partial charge on any atom is -0.369 e. The zero-order chi connectivity index (χ0) is 19.1. The van der Waals surface area contributed by atoms with Crippen molar-refractivity contribution in [3.05, 3.63) is 39.4 Å². The van der Waals surface area contributed by atoms with Crippen molar-refractivity contribution in [2.24, 2.45) is 11.6 Å². The number of halogens is 1. The maximum Gasteiger partial charge on any atom is 0.224 e. The average molecular weight is 269 g/mol. The van der Waals surface area contributed by atoms with Crippen LogP contribution in [-0.4, -0.2) is 5.91 Å². The summed E-state index contributed by atoms with van der Waals surface area (Å²) < 4.78 is 57.7. The lowest BCUT2D eigenvalue weighted by molar-refractivity contribution is -0.121. The van der Waals surface area contributed by atoms with E-state index in [0.717, 1.165) is 0 Å². The molecule has 0 aliphatic heterocycles. The largest absolute Gasteiger partial charge is 0.369 e. The van der Waals surface area contributed by atoms with Crippen molar-refractivity contribution in [2.75, 3.05) is 0 Å². The zero-order valence-electron chi connectivity index (χ0n) is 16.8. The lowest BCUT2D eigenvalue weighted by atomic mass is 9.82. The first kappa shape index (κ1) is 6.25. The van der Waals surface area contributed by atoms with Crippen molar-refractivity contribution in [3.8, 4) is 0 Å². The minimum absolute atomic E-state index is 0.00795. The van der Waals surface area contributed by atoms with E-state index in [0.29, 0.717) is 5.56 Å². The lowest BCUT2D eigenvalue weighted by Crippen LogP contribution is -2.27. The van der Waals surface area contributed by atoms with Gasteiger partial charge in [0.15, 0.2) is 0 Å². The maximum absolute atomic E-state index is 12.0. The van der Waals surface area contributed by atoms with E-state index in [1.54, 1.807) is 6.92 Å². The number of hydrogen-bond acceptors (Lipinski definition) is 1. The number of fused-ring (bicyclic) bond motifs is 2. The molecule has 18 heavy (non-hydrogen) atoms. The first-order chi connectivity index (χ1) is 11.3. The van der Waals surface area contributed by atoms with Gasteiger partial charge >= 0.3 is 0 Å². The van der Waals surface area contributed by atoms with Gasteiger partial charge in [-0.25, -0.2) is 0 Å². The molecule has 0 spiro atoms. The van der Waals surface area contributed by atoms with Crippen LogP contribution in [0.4, 0.5) is 0 Å². The summed E-state index contributed by atoms with van der Waals surface area (Å²) in [6, 6.07) is -0.211. The molecule has 0 saturated carbocycles. The fourth-order valence-corrected chi connectivity index (χ4v) is 2.49. The normalized spacial score (nSPS) is 37.1. The molecule has 94 valence electrons. The Bertz CT molecular complexity index is 864. The van der Waals surface area contributed by atoms with Crippen LogP contribution in [0.5, 0.6) is 0 Å². The van der Waals surface area contributed by atoms with E-state index in [2.05, 4.69) is 0 Å². The van der Waals surface area contributed by atoms with Crippen LogP contribution in [0.2, 0.25) is 5.02 Å². The van der Waals surface area contributed by atoms with E-state index >= 15 is 0 Å². The van der Waals surface area contributed by atoms with Crippen LogP contribution in [0.15, 0.2) is 17.7 Å². The summed E-state index contributed by atoms with van der Waals surface area (Å²) in [5.41, 5.74) is 5.82. The van der Waals surface area contributed by atoms with E-state index in [9.17, 15) is 4.79 Å². The highest BCUT2D eigenvalue weighted by atomic mass is 35.5. The maximum atomic E-state index is 12.0. The highest BCUT2D eigenvalue weighted by Gasteiger charge is 2.33. The van der Waals surface area contributed by atoms with Gasteiger partial charge in [-0.3, -0.25) is 4.79 Å². The molecular formula is C15H16ClNO. The molecule has 2 aliphatic carbocycles. The van der Waals surface area contributed by atoms with Crippen LogP contribution in [0, 0.1) is 12.8 Å². The molecule has 1 amide bonds. The van der Waals surface area contributed by atoms with E-state index in [-0.39, 0.29) is 45.8 Å². The van der Waals surface area contributed by atoms with Gasteiger partial charge in [0, 0.05) is 11.9 Å². The molecular weight excluding hydrogens is 246 g/mol. The molecule has 3 rings (SSSR count). The zero-order valence-corrected chi connectivity index (χ0v) is 10.5. The van der Waals surface area contributed by atoms with Crippen LogP contribution in [0.25, 0.3) is 5.57 Å². The molecule has 1 aromatic rings. The van der Waals surface area contributed by atoms with Crippen molar-refractivity contribution in [2.45, 2.75) is 32.5 Å². The predicted octanol–water partition coefficient (Wildman–Crippen LogP) is 3.24. The lowest BCUT2D eigenvalue weighted by Gasteiger charge is -2.22. The summed E-state index contributed by atoms with van der Waals surface area (Å²) in [7, 11) is 0. The number of rotatable bonds is 1. The first-order valence-corrected chi connectivity index (χ1v) is 5.97. The number of carbonyl (C=O) groups is 1. The number of primary amides is 1. The monoisotopic (exact) mass is 268 g/mol. The topological polar surface area (TPSA) is 43.1 Å². The molecule has 0 fully saturated rings. The number of carbonyl (C=O) groups excluding carboxylic acids is 1. The molecule has 2 aliphatic rings. The van der Waals surface area contributed by atoms with Gasteiger partial charge in [0.1, 0.15) is 0 Å². The average Bonchev–Trinajstić information content (AvgIpc) is 2.91. The van der Waals surface area contributed by atoms with Gasteiger partial charge in [-0.15, -0.1) is 0 Å². The van der Waals surface area contributed by atoms with Gasteiger partial charge in [0.2, 0.25) is 5.91 Å². The standard InChI is InChI=1S/C15H16ClNO/c1-8-5-9-6-13-10(12(9)7-14(8)16)3-2-4-11(13)15(17)18/h5,7,11H,2-4,6H2,1H3,(H2,17,18)/i2D2,3D2,5D,7D,11D. The third kappa shape index (κ3) is 1.67. The van der Waals surface area contributed by atoms with Gasteiger partial charge in [-0.2, -0.15) is 0 Å². The van der Waals surface area contributed by atoms with Crippen molar-refractivity contribution in [1.82, 2.24) is 0 Å². The van der Waals surface area contributed by atoms with Crippen LogP contribution in [0.1, 0.15) is 45.5 Å².